The van der Waals surface area contributed by atoms with Gasteiger partial charge in [0, 0.05) is 37.9 Å². The molecule has 3 aliphatic rings. The molecule has 2 atom stereocenters. The van der Waals surface area contributed by atoms with Crippen LogP contribution in [0.4, 0.5) is 0 Å². The fraction of sp³-hybridized carbons (Fsp3) is 0.789. The lowest BCUT2D eigenvalue weighted by atomic mass is 9.71. The average Bonchev–Trinajstić information content (AvgIpc) is 3.02. The van der Waals surface area contributed by atoms with Gasteiger partial charge in [-0.15, -0.1) is 0 Å². The maximum atomic E-state index is 13.1. The summed E-state index contributed by atoms with van der Waals surface area (Å²) in [6.45, 7) is 4.85. The van der Waals surface area contributed by atoms with Crippen LogP contribution < -0.4 is 0 Å². The van der Waals surface area contributed by atoms with Crippen LogP contribution in [0.1, 0.15) is 67.0 Å². The SMILES string of the molecule is Cc1c(C(=O)N2CCC3(O)CCCCC3C2)cnn1C1CCOCC1. The van der Waals surface area contributed by atoms with Crippen LogP contribution in [-0.4, -0.2) is 57.6 Å². The minimum absolute atomic E-state index is 0.0726. The third kappa shape index (κ3) is 3.10. The van der Waals surface area contributed by atoms with Crippen molar-refractivity contribution in [2.24, 2.45) is 5.92 Å². The molecule has 2 aliphatic heterocycles. The fourth-order valence-corrected chi connectivity index (χ4v) is 4.86. The third-order valence-electron chi connectivity index (χ3n) is 6.53. The zero-order chi connectivity index (χ0) is 17.4. The van der Waals surface area contributed by atoms with Crippen LogP contribution in [-0.2, 0) is 4.74 Å². The summed E-state index contributed by atoms with van der Waals surface area (Å²) in [6.07, 6.45) is 8.53. The first kappa shape index (κ1) is 17.0. The van der Waals surface area contributed by atoms with Gasteiger partial charge in [0.2, 0.25) is 0 Å². The van der Waals surface area contributed by atoms with E-state index in [4.69, 9.17) is 4.74 Å². The summed E-state index contributed by atoms with van der Waals surface area (Å²) in [4.78, 5) is 15.0. The van der Waals surface area contributed by atoms with E-state index < -0.39 is 5.60 Å². The third-order valence-corrected chi connectivity index (χ3v) is 6.53. The highest BCUT2D eigenvalue weighted by atomic mass is 16.5. The van der Waals surface area contributed by atoms with Crippen LogP contribution in [0.5, 0.6) is 0 Å². The smallest absolute Gasteiger partial charge is 0.257 e. The van der Waals surface area contributed by atoms with Crippen LogP contribution in [0.3, 0.4) is 0 Å². The molecule has 1 N–H and O–H groups in total. The molecule has 1 aromatic heterocycles. The maximum absolute atomic E-state index is 13.1. The lowest BCUT2D eigenvalue weighted by molar-refractivity contribution is -0.0886. The Kier molecular flexibility index (Phi) is 4.58. The van der Waals surface area contributed by atoms with E-state index in [9.17, 15) is 9.90 Å². The number of hydrogen-bond acceptors (Lipinski definition) is 4. The molecule has 2 unspecified atom stereocenters. The molecule has 1 saturated carbocycles. The molecular weight excluding hydrogens is 318 g/mol. The molecule has 25 heavy (non-hydrogen) atoms. The molecule has 6 nitrogen and oxygen atoms in total. The van der Waals surface area contributed by atoms with Crippen LogP contribution in [0, 0.1) is 12.8 Å². The van der Waals surface area contributed by atoms with E-state index in [0.717, 1.165) is 57.4 Å². The van der Waals surface area contributed by atoms with E-state index in [2.05, 4.69) is 5.10 Å². The van der Waals surface area contributed by atoms with Gasteiger partial charge in [-0.25, -0.2) is 0 Å². The second kappa shape index (κ2) is 6.72. The van der Waals surface area contributed by atoms with Gasteiger partial charge >= 0.3 is 0 Å². The molecule has 3 fully saturated rings. The van der Waals surface area contributed by atoms with Crippen molar-refractivity contribution in [2.75, 3.05) is 26.3 Å². The predicted molar refractivity (Wildman–Crippen MR) is 93.5 cm³/mol. The Morgan fingerprint density at radius 3 is 2.88 bits per heavy atom. The van der Waals surface area contributed by atoms with Gasteiger partial charge in [-0.05, 0) is 39.0 Å². The molecule has 1 amide bonds. The number of nitrogens with zero attached hydrogens (tertiary/aromatic N) is 3. The fourth-order valence-electron chi connectivity index (χ4n) is 4.86. The van der Waals surface area contributed by atoms with E-state index >= 15 is 0 Å². The van der Waals surface area contributed by atoms with Gasteiger partial charge in [0.25, 0.3) is 5.91 Å². The summed E-state index contributed by atoms with van der Waals surface area (Å²) in [6, 6.07) is 0.333. The first-order chi connectivity index (χ1) is 12.1. The zero-order valence-corrected chi connectivity index (χ0v) is 15.1. The number of fused-ring (bicyclic) bond motifs is 1. The number of likely N-dealkylation sites (tertiary alicyclic amines) is 1. The number of carbonyl (C=O) groups excluding carboxylic acids is 1. The minimum Gasteiger partial charge on any atom is -0.389 e. The molecule has 1 aromatic rings. The normalized spacial score (nSPS) is 31.0. The molecule has 0 aromatic carbocycles. The van der Waals surface area contributed by atoms with Crippen molar-refractivity contribution in [1.82, 2.24) is 14.7 Å². The number of aliphatic hydroxyl groups is 1. The first-order valence-electron chi connectivity index (χ1n) is 9.72. The first-order valence-corrected chi connectivity index (χ1v) is 9.72. The van der Waals surface area contributed by atoms with Crippen LogP contribution in [0.2, 0.25) is 0 Å². The Hall–Kier alpha value is -1.40. The summed E-state index contributed by atoms with van der Waals surface area (Å²) < 4.78 is 7.44. The molecule has 1 aliphatic carbocycles. The summed E-state index contributed by atoms with van der Waals surface area (Å²) in [5, 5.41) is 15.3. The molecule has 0 bridgehead atoms. The van der Waals surface area contributed by atoms with Crippen LogP contribution in [0.15, 0.2) is 6.20 Å². The molecule has 138 valence electrons. The molecule has 3 heterocycles. The van der Waals surface area contributed by atoms with Crippen molar-refractivity contribution in [3.8, 4) is 0 Å². The number of hydrogen-bond donors (Lipinski definition) is 1. The van der Waals surface area contributed by atoms with E-state index in [1.54, 1.807) is 6.20 Å². The van der Waals surface area contributed by atoms with E-state index in [-0.39, 0.29) is 11.8 Å². The molecule has 4 rings (SSSR count). The minimum atomic E-state index is -0.545. The van der Waals surface area contributed by atoms with Crippen molar-refractivity contribution in [3.05, 3.63) is 17.5 Å². The van der Waals surface area contributed by atoms with Gasteiger partial charge in [0.05, 0.1) is 23.4 Å². The lowest BCUT2D eigenvalue weighted by Crippen LogP contribution is -2.54. The number of ether oxygens (including phenoxy) is 1. The molecule has 0 spiro atoms. The predicted octanol–water partition coefficient (Wildman–Crippen LogP) is 2.31. The number of amides is 1. The quantitative estimate of drug-likeness (QED) is 0.891. The monoisotopic (exact) mass is 347 g/mol. The topological polar surface area (TPSA) is 67.6 Å². The Bertz CT molecular complexity index is 638. The van der Waals surface area contributed by atoms with Crippen molar-refractivity contribution in [2.45, 2.75) is 63.5 Å². The zero-order valence-electron chi connectivity index (χ0n) is 15.1. The van der Waals surface area contributed by atoms with Gasteiger partial charge in [0.15, 0.2) is 0 Å². The van der Waals surface area contributed by atoms with Gasteiger partial charge in [-0.3, -0.25) is 9.48 Å². The van der Waals surface area contributed by atoms with Gasteiger partial charge in [0.1, 0.15) is 0 Å². The number of piperidine rings is 1. The van der Waals surface area contributed by atoms with E-state index in [1.807, 2.05) is 16.5 Å². The van der Waals surface area contributed by atoms with E-state index in [0.29, 0.717) is 31.1 Å². The van der Waals surface area contributed by atoms with Crippen LogP contribution >= 0.6 is 0 Å². The second-order valence-corrected chi connectivity index (χ2v) is 7.98. The summed E-state index contributed by atoms with van der Waals surface area (Å²) in [7, 11) is 0. The number of rotatable bonds is 2. The Morgan fingerprint density at radius 2 is 2.08 bits per heavy atom. The molecule has 0 radical (unpaired) electrons. The molecule has 2 saturated heterocycles. The second-order valence-electron chi connectivity index (χ2n) is 7.98. The molecular formula is C19H29N3O3. The van der Waals surface area contributed by atoms with Gasteiger partial charge in [-0.2, -0.15) is 5.10 Å². The van der Waals surface area contributed by atoms with Gasteiger partial charge in [-0.1, -0.05) is 12.8 Å². The highest BCUT2D eigenvalue weighted by Gasteiger charge is 2.44. The standard InChI is InChI=1S/C19H29N3O3/c1-14-17(12-20-22(14)16-5-10-25-11-6-16)18(23)21-9-8-19(24)7-3-2-4-15(19)13-21/h12,15-16,24H,2-11,13H2,1H3. The summed E-state index contributed by atoms with van der Waals surface area (Å²) in [5.74, 6) is 0.299. The Morgan fingerprint density at radius 1 is 1.28 bits per heavy atom. The van der Waals surface area contributed by atoms with Crippen molar-refractivity contribution >= 4 is 5.91 Å². The van der Waals surface area contributed by atoms with Crippen molar-refractivity contribution in [1.29, 1.82) is 0 Å². The van der Waals surface area contributed by atoms with E-state index in [1.165, 1.54) is 0 Å². The summed E-state index contributed by atoms with van der Waals surface area (Å²) >= 11 is 0. The maximum Gasteiger partial charge on any atom is 0.257 e. The van der Waals surface area contributed by atoms with Crippen molar-refractivity contribution < 1.29 is 14.6 Å². The van der Waals surface area contributed by atoms with Crippen molar-refractivity contribution in [3.63, 3.8) is 0 Å². The average molecular weight is 347 g/mol. The number of aromatic nitrogens is 2. The lowest BCUT2D eigenvalue weighted by Gasteiger charge is -2.47. The number of carbonyl (C=O) groups is 1. The Labute approximate surface area is 149 Å². The Balaban J connectivity index is 1.49. The summed E-state index contributed by atoms with van der Waals surface area (Å²) in [5.41, 5.74) is 1.13. The molecule has 6 heteroatoms. The highest BCUT2D eigenvalue weighted by molar-refractivity contribution is 5.95. The largest absolute Gasteiger partial charge is 0.389 e. The van der Waals surface area contributed by atoms with Gasteiger partial charge < -0.3 is 14.7 Å². The highest BCUT2D eigenvalue weighted by Crippen LogP contribution is 2.40. The van der Waals surface area contributed by atoms with Crippen LogP contribution in [0.25, 0.3) is 0 Å².